The zero-order valence-corrected chi connectivity index (χ0v) is 11.6. The fourth-order valence-corrected chi connectivity index (χ4v) is 1.66. The van der Waals surface area contributed by atoms with Gasteiger partial charge in [0.05, 0.1) is 11.5 Å². The summed E-state index contributed by atoms with van der Waals surface area (Å²) in [5.41, 5.74) is 0.476. The predicted octanol–water partition coefficient (Wildman–Crippen LogP) is 3.43. The van der Waals surface area contributed by atoms with E-state index in [2.05, 4.69) is 5.32 Å². The fourth-order valence-electron chi connectivity index (χ4n) is 1.66. The summed E-state index contributed by atoms with van der Waals surface area (Å²) < 4.78 is 41.1. The Kier molecular flexibility index (Phi) is 6.41. The largest absolute Gasteiger partial charge is 0.487 e. The van der Waals surface area contributed by atoms with Crippen molar-refractivity contribution in [2.24, 2.45) is 0 Å². The third-order valence-corrected chi connectivity index (χ3v) is 2.66. The molecule has 0 saturated carbocycles. The molecule has 1 aromatic carbocycles. The molecule has 0 aliphatic carbocycles. The quantitative estimate of drug-likeness (QED) is 0.454. The summed E-state index contributed by atoms with van der Waals surface area (Å²) in [6.07, 6.45) is -5.45. The lowest BCUT2D eigenvalue weighted by Gasteiger charge is -2.09. The van der Waals surface area contributed by atoms with Gasteiger partial charge in [0, 0.05) is 19.0 Å². The average molecular weight is 306 g/mol. The number of ether oxygens (including phenoxy) is 1. The molecule has 5 nitrogen and oxygen atoms in total. The summed E-state index contributed by atoms with van der Waals surface area (Å²) in [5, 5.41) is 14.0. The van der Waals surface area contributed by atoms with Gasteiger partial charge in [-0.1, -0.05) is 13.0 Å². The first kappa shape index (κ1) is 17.2. The monoisotopic (exact) mass is 306 g/mol. The number of benzene rings is 1. The molecule has 0 radical (unpaired) electrons. The van der Waals surface area contributed by atoms with Crippen LogP contribution in [0.4, 0.5) is 18.9 Å². The third-order valence-electron chi connectivity index (χ3n) is 2.66. The van der Waals surface area contributed by atoms with Gasteiger partial charge in [-0.15, -0.1) is 0 Å². The predicted molar refractivity (Wildman–Crippen MR) is 71.3 cm³/mol. The van der Waals surface area contributed by atoms with Gasteiger partial charge < -0.3 is 10.1 Å². The highest BCUT2D eigenvalue weighted by atomic mass is 19.4. The number of hydrogen-bond donors (Lipinski definition) is 1. The highest BCUT2D eigenvalue weighted by Gasteiger charge is 2.26. The van der Waals surface area contributed by atoms with Gasteiger partial charge >= 0.3 is 11.9 Å². The molecule has 0 heterocycles. The van der Waals surface area contributed by atoms with E-state index in [1.54, 1.807) is 6.07 Å². The zero-order chi connectivity index (χ0) is 15.9. The Morgan fingerprint density at radius 3 is 2.67 bits per heavy atom. The normalized spacial score (nSPS) is 11.4. The topological polar surface area (TPSA) is 64.4 Å². The lowest BCUT2D eigenvalue weighted by atomic mass is 10.2. The molecular formula is C13H17F3N2O3. The minimum absolute atomic E-state index is 0.0116. The van der Waals surface area contributed by atoms with Crippen molar-refractivity contribution in [1.82, 2.24) is 5.32 Å². The number of nitro benzene ring substituents is 1. The third kappa shape index (κ3) is 6.44. The van der Waals surface area contributed by atoms with Crippen molar-refractivity contribution in [3.05, 3.63) is 33.9 Å². The van der Waals surface area contributed by atoms with E-state index in [1.165, 1.54) is 12.1 Å². The summed E-state index contributed by atoms with van der Waals surface area (Å²) in [6, 6.07) is 4.43. The van der Waals surface area contributed by atoms with Gasteiger partial charge in [-0.05, 0) is 24.6 Å². The molecule has 0 amide bonds. The minimum atomic E-state index is -4.25. The molecule has 0 atom stereocenters. The van der Waals surface area contributed by atoms with Crippen LogP contribution < -0.4 is 10.1 Å². The first-order valence-corrected chi connectivity index (χ1v) is 6.51. The van der Waals surface area contributed by atoms with Crippen LogP contribution in [-0.2, 0) is 6.54 Å². The van der Waals surface area contributed by atoms with E-state index in [-0.39, 0.29) is 24.5 Å². The van der Waals surface area contributed by atoms with Crippen molar-refractivity contribution in [2.75, 3.05) is 13.2 Å². The summed E-state index contributed by atoms with van der Waals surface area (Å²) in [7, 11) is 0. The van der Waals surface area contributed by atoms with E-state index in [0.29, 0.717) is 12.1 Å². The number of hydrogen-bond acceptors (Lipinski definition) is 4. The van der Waals surface area contributed by atoms with Crippen molar-refractivity contribution in [2.45, 2.75) is 32.5 Å². The summed E-state index contributed by atoms with van der Waals surface area (Å²) in [6.45, 7) is 2.90. The molecule has 0 aromatic heterocycles. The van der Waals surface area contributed by atoms with Gasteiger partial charge in [0.2, 0.25) is 0 Å². The van der Waals surface area contributed by atoms with Crippen molar-refractivity contribution in [1.29, 1.82) is 0 Å². The van der Waals surface area contributed by atoms with E-state index < -0.39 is 17.5 Å². The van der Waals surface area contributed by atoms with Gasteiger partial charge in [0.15, 0.2) is 5.75 Å². The van der Waals surface area contributed by atoms with Crippen LogP contribution in [0.25, 0.3) is 0 Å². The number of nitrogens with zero attached hydrogens (tertiary/aromatic N) is 1. The molecule has 0 saturated heterocycles. The molecule has 21 heavy (non-hydrogen) atoms. The number of halogens is 3. The zero-order valence-electron chi connectivity index (χ0n) is 11.6. The first-order valence-electron chi connectivity index (χ1n) is 6.51. The molecule has 8 heteroatoms. The van der Waals surface area contributed by atoms with Crippen molar-refractivity contribution in [3.63, 3.8) is 0 Å². The maximum atomic E-state index is 12.0. The second-order valence-electron chi connectivity index (χ2n) is 4.41. The Balaban J connectivity index is 2.66. The molecular weight excluding hydrogens is 289 g/mol. The molecule has 1 aromatic rings. The molecule has 0 unspecified atom stereocenters. The Morgan fingerprint density at radius 1 is 1.38 bits per heavy atom. The maximum Gasteiger partial charge on any atom is 0.389 e. The van der Waals surface area contributed by atoms with Gasteiger partial charge in [0.25, 0.3) is 0 Å². The van der Waals surface area contributed by atoms with E-state index >= 15 is 0 Å². The lowest BCUT2D eigenvalue weighted by Crippen LogP contribution is -2.12. The summed E-state index contributed by atoms with van der Waals surface area (Å²) in [5.74, 6) is -0.0116. The lowest BCUT2D eigenvalue weighted by molar-refractivity contribution is -0.385. The number of nitrogens with one attached hydrogen (secondary N) is 1. The van der Waals surface area contributed by atoms with Crippen molar-refractivity contribution in [3.8, 4) is 5.75 Å². The highest BCUT2D eigenvalue weighted by molar-refractivity contribution is 5.48. The van der Waals surface area contributed by atoms with Gasteiger partial charge in [-0.3, -0.25) is 10.1 Å². The van der Waals surface area contributed by atoms with Crippen molar-refractivity contribution >= 4 is 5.69 Å². The Morgan fingerprint density at radius 2 is 2.10 bits per heavy atom. The number of nitro groups is 1. The van der Waals surface area contributed by atoms with Crippen LogP contribution in [0.2, 0.25) is 0 Å². The standard InChI is InChI=1S/C13H17F3N2O3/c1-2-17-9-10-4-5-12(11(8-10)18(19)20)21-7-3-6-13(14,15)16/h4-5,8,17H,2-3,6-7,9H2,1H3. The molecule has 0 spiro atoms. The Labute approximate surface area is 120 Å². The average Bonchev–Trinajstić information content (AvgIpc) is 2.40. The number of rotatable bonds is 8. The van der Waals surface area contributed by atoms with Crippen LogP contribution in [0.15, 0.2) is 18.2 Å². The second kappa shape index (κ2) is 7.82. The van der Waals surface area contributed by atoms with E-state index in [9.17, 15) is 23.3 Å². The second-order valence-corrected chi connectivity index (χ2v) is 4.41. The number of alkyl halides is 3. The van der Waals surface area contributed by atoms with Crippen LogP contribution in [0.1, 0.15) is 25.3 Å². The molecule has 0 bridgehead atoms. The van der Waals surface area contributed by atoms with Gasteiger partial charge in [0.1, 0.15) is 0 Å². The molecule has 1 rings (SSSR count). The van der Waals surface area contributed by atoms with E-state index in [1.807, 2.05) is 6.92 Å². The molecule has 0 aliphatic heterocycles. The molecule has 0 aliphatic rings. The Hall–Kier alpha value is -1.83. The van der Waals surface area contributed by atoms with Crippen LogP contribution in [-0.4, -0.2) is 24.3 Å². The highest BCUT2D eigenvalue weighted by Crippen LogP contribution is 2.29. The Bertz CT molecular complexity index is 478. The van der Waals surface area contributed by atoms with E-state index in [4.69, 9.17) is 4.74 Å². The first-order chi connectivity index (χ1) is 9.83. The van der Waals surface area contributed by atoms with Crippen LogP contribution in [0.5, 0.6) is 5.75 Å². The fraction of sp³-hybridized carbons (Fsp3) is 0.538. The molecule has 118 valence electrons. The van der Waals surface area contributed by atoms with Gasteiger partial charge in [-0.2, -0.15) is 13.2 Å². The van der Waals surface area contributed by atoms with Crippen LogP contribution >= 0.6 is 0 Å². The molecule has 1 N–H and O–H groups in total. The summed E-state index contributed by atoms with van der Waals surface area (Å²) in [4.78, 5) is 10.4. The SMILES string of the molecule is CCNCc1ccc(OCCCC(F)(F)F)c([N+](=O)[O-])c1. The minimum Gasteiger partial charge on any atom is -0.487 e. The maximum absolute atomic E-state index is 12.0. The van der Waals surface area contributed by atoms with Crippen molar-refractivity contribution < 1.29 is 22.8 Å². The molecule has 0 fully saturated rings. The van der Waals surface area contributed by atoms with Gasteiger partial charge in [-0.25, -0.2) is 0 Å². The van der Waals surface area contributed by atoms with E-state index in [0.717, 1.165) is 6.54 Å². The smallest absolute Gasteiger partial charge is 0.389 e. The van der Waals surface area contributed by atoms with Crippen LogP contribution in [0.3, 0.4) is 0 Å². The van der Waals surface area contributed by atoms with Crippen LogP contribution in [0, 0.1) is 10.1 Å². The summed E-state index contributed by atoms with van der Waals surface area (Å²) >= 11 is 0.